The fourth-order valence-electron chi connectivity index (χ4n) is 7.34. The molecule has 2 fully saturated rings. The van der Waals surface area contributed by atoms with Crippen molar-refractivity contribution in [3.8, 4) is 5.75 Å². The zero-order chi connectivity index (χ0) is 31.2. The molecular formula is C34H52O8S2. The molecule has 0 saturated heterocycles. The minimum Gasteiger partial charge on any atom is -0.434 e. The van der Waals surface area contributed by atoms with E-state index in [9.17, 15) is 9.59 Å². The van der Waals surface area contributed by atoms with Crippen LogP contribution in [0.4, 0.5) is 9.59 Å². The summed E-state index contributed by atoms with van der Waals surface area (Å²) < 4.78 is 33.1. The zero-order valence-electron chi connectivity index (χ0n) is 26.9. The van der Waals surface area contributed by atoms with Gasteiger partial charge in [-0.25, -0.2) is 9.59 Å². The molecule has 8 nitrogen and oxygen atoms in total. The molecule has 44 heavy (non-hydrogen) atoms. The summed E-state index contributed by atoms with van der Waals surface area (Å²) in [6, 6.07) is 6.08. The number of thioether (sulfide) groups is 2. The predicted molar refractivity (Wildman–Crippen MR) is 176 cm³/mol. The van der Waals surface area contributed by atoms with Gasteiger partial charge in [-0.15, -0.1) is 0 Å². The second-order valence-electron chi connectivity index (χ2n) is 12.3. The van der Waals surface area contributed by atoms with Gasteiger partial charge in [-0.3, -0.25) is 0 Å². The summed E-state index contributed by atoms with van der Waals surface area (Å²) in [7, 11) is 0. The van der Waals surface area contributed by atoms with Crippen molar-refractivity contribution in [3.63, 3.8) is 0 Å². The molecule has 0 heterocycles. The van der Waals surface area contributed by atoms with Gasteiger partial charge in [0.1, 0.15) is 11.9 Å². The number of rotatable bonds is 18. The van der Waals surface area contributed by atoms with Crippen LogP contribution in [0.2, 0.25) is 0 Å². The first-order chi connectivity index (χ1) is 21.5. The lowest BCUT2D eigenvalue weighted by atomic mass is 9.55. The van der Waals surface area contributed by atoms with Gasteiger partial charge in [-0.1, -0.05) is 26.3 Å². The first kappa shape index (κ1) is 35.2. The van der Waals surface area contributed by atoms with Gasteiger partial charge in [-0.2, -0.15) is 23.5 Å². The third-order valence-electron chi connectivity index (χ3n) is 9.60. The van der Waals surface area contributed by atoms with Gasteiger partial charge in [0.2, 0.25) is 0 Å². The van der Waals surface area contributed by atoms with Gasteiger partial charge < -0.3 is 28.4 Å². The Morgan fingerprint density at radius 2 is 1.66 bits per heavy atom. The Labute approximate surface area is 272 Å². The van der Waals surface area contributed by atoms with Crippen LogP contribution < -0.4 is 4.74 Å². The van der Waals surface area contributed by atoms with E-state index in [1.165, 1.54) is 11.1 Å². The number of hydrogen-bond donors (Lipinski definition) is 0. The maximum absolute atomic E-state index is 12.6. The van der Waals surface area contributed by atoms with Crippen LogP contribution in [0, 0.1) is 17.3 Å². The Balaban J connectivity index is 1.14. The molecule has 0 unspecified atom stereocenters. The molecule has 3 aliphatic carbocycles. The van der Waals surface area contributed by atoms with Gasteiger partial charge in [-0.05, 0) is 104 Å². The first-order valence-corrected chi connectivity index (χ1v) is 19.0. The zero-order valence-corrected chi connectivity index (χ0v) is 28.5. The van der Waals surface area contributed by atoms with Crippen LogP contribution in [0.25, 0.3) is 0 Å². The van der Waals surface area contributed by atoms with E-state index in [1.54, 1.807) is 11.8 Å². The Kier molecular flexibility index (Phi) is 14.8. The summed E-state index contributed by atoms with van der Waals surface area (Å²) in [4.78, 5) is 24.6. The number of benzene rings is 1. The quantitative estimate of drug-likeness (QED) is 0.0886. The van der Waals surface area contributed by atoms with Gasteiger partial charge in [0.15, 0.2) is 0 Å². The van der Waals surface area contributed by atoms with E-state index in [4.69, 9.17) is 28.4 Å². The van der Waals surface area contributed by atoms with E-state index in [-0.39, 0.29) is 11.5 Å². The van der Waals surface area contributed by atoms with E-state index in [0.717, 1.165) is 81.7 Å². The van der Waals surface area contributed by atoms with Crippen molar-refractivity contribution in [1.82, 2.24) is 0 Å². The molecule has 1 aromatic carbocycles. The average Bonchev–Trinajstić information content (AvgIpc) is 3.35. The van der Waals surface area contributed by atoms with Crippen LogP contribution in [-0.2, 0) is 30.1 Å². The summed E-state index contributed by atoms with van der Waals surface area (Å²) in [6.45, 7) is 7.91. The fraction of sp³-hybridized carbons (Fsp3) is 0.765. The number of hydrogen-bond acceptors (Lipinski definition) is 10. The summed E-state index contributed by atoms with van der Waals surface area (Å²) in [5, 5.41) is 0. The molecule has 0 N–H and O–H groups in total. The van der Waals surface area contributed by atoms with Gasteiger partial charge in [0.05, 0.1) is 39.6 Å². The number of carbonyl (C=O) groups is 2. The van der Waals surface area contributed by atoms with E-state index in [2.05, 4.69) is 26.2 Å². The molecule has 5 atom stereocenters. The minimum atomic E-state index is -0.630. The summed E-state index contributed by atoms with van der Waals surface area (Å²) >= 11 is 3.59. The molecule has 248 valence electrons. The highest BCUT2D eigenvalue weighted by Gasteiger charge is 2.56. The second-order valence-corrected chi connectivity index (χ2v) is 14.6. The van der Waals surface area contributed by atoms with Crippen LogP contribution >= 0.6 is 23.5 Å². The smallest absolute Gasteiger partial charge is 0.434 e. The Hall–Kier alpha value is -1.62. The molecule has 0 amide bonds. The lowest BCUT2D eigenvalue weighted by molar-refractivity contribution is -0.0543. The third-order valence-corrected chi connectivity index (χ3v) is 11.2. The normalized spacial score (nSPS) is 25.4. The summed E-state index contributed by atoms with van der Waals surface area (Å²) in [6.07, 6.45) is 9.60. The van der Waals surface area contributed by atoms with Crippen LogP contribution in [0.3, 0.4) is 0 Å². The number of fused-ring (bicyclic) bond motifs is 5. The highest BCUT2D eigenvalue weighted by atomic mass is 32.2. The third kappa shape index (κ3) is 9.94. The van der Waals surface area contributed by atoms with Crippen molar-refractivity contribution in [3.05, 3.63) is 29.3 Å². The fourth-order valence-corrected chi connectivity index (χ4v) is 8.39. The Morgan fingerprint density at radius 3 is 2.45 bits per heavy atom. The number of aryl methyl sites for hydroxylation is 1. The lowest BCUT2D eigenvalue weighted by Gasteiger charge is -2.50. The molecule has 4 rings (SSSR count). The topological polar surface area (TPSA) is 89.5 Å². The predicted octanol–water partition coefficient (Wildman–Crippen LogP) is 7.90. The SMILES string of the molecule is CCCCOC(=O)Oc1ccc2c(c1)CC[C@@H]1[C@H]3CC[C@@H](OC(=O)OCCCSCCOCCOCCSC)[C@]3(C)CC[C@@H]21. The Bertz CT molecular complexity index is 1040. The highest BCUT2D eigenvalue weighted by molar-refractivity contribution is 7.99. The second kappa shape index (κ2) is 18.5. The maximum Gasteiger partial charge on any atom is 0.513 e. The monoisotopic (exact) mass is 652 g/mol. The standard InChI is InChI=1S/C34H52O8S2/c1-4-5-15-39-32(35)41-26-8-10-27-25(24-26)7-9-29-28(27)13-14-34(2)30(29)11-12-31(34)42-33(36)40-16-6-21-44-23-20-38-18-17-37-19-22-43-3/h8,10,24,28-31H,4-7,9,11-23H2,1-3H3/t28-,29-,30+,31+,34+/m0/s1. The van der Waals surface area contributed by atoms with Crippen LogP contribution in [0.15, 0.2) is 18.2 Å². The number of unbranched alkanes of at least 4 members (excludes halogenated alkanes) is 1. The molecule has 2 saturated carbocycles. The van der Waals surface area contributed by atoms with E-state index in [0.29, 0.717) is 56.5 Å². The molecule has 0 radical (unpaired) electrons. The molecule has 0 bridgehead atoms. The van der Waals surface area contributed by atoms with Crippen molar-refractivity contribution < 1.29 is 38.0 Å². The van der Waals surface area contributed by atoms with Crippen LogP contribution in [0.5, 0.6) is 5.75 Å². The van der Waals surface area contributed by atoms with Crippen molar-refractivity contribution in [2.75, 3.05) is 63.2 Å². The Morgan fingerprint density at radius 1 is 0.886 bits per heavy atom. The maximum atomic E-state index is 12.6. The van der Waals surface area contributed by atoms with Gasteiger partial charge in [0, 0.05) is 16.9 Å². The molecule has 0 aromatic heterocycles. The molecule has 0 spiro atoms. The summed E-state index contributed by atoms with van der Waals surface area (Å²) in [5.41, 5.74) is 2.65. The van der Waals surface area contributed by atoms with Crippen molar-refractivity contribution in [1.29, 1.82) is 0 Å². The van der Waals surface area contributed by atoms with Gasteiger partial charge in [0.25, 0.3) is 0 Å². The molecule has 3 aliphatic rings. The van der Waals surface area contributed by atoms with E-state index in [1.807, 2.05) is 23.9 Å². The van der Waals surface area contributed by atoms with Gasteiger partial charge >= 0.3 is 12.3 Å². The molecule has 1 aromatic rings. The molecule has 0 aliphatic heterocycles. The van der Waals surface area contributed by atoms with Crippen LogP contribution in [-0.4, -0.2) is 81.6 Å². The molecular weight excluding hydrogens is 601 g/mol. The van der Waals surface area contributed by atoms with Crippen LogP contribution in [0.1, 0.15) is 82.3 Å². The van der Waals surface area contributed by atoms with E-state index < -0.39 is 12.3 Å². The minimum absolute atomic E-state index is 0.0150. The van der Waals surface area contributed by atoms with Crippen molar-refractivity contribution >= 4 is 35.8 Å². The highest BCUT2D eigenvalue weighted by Crippen LogP contribution is 2.61. The number of ether oxygens (including phenoxy) is 6. The summed E-state index contributed by atoms with van der Waals surface area (Å²) in [5.74, 6) is 5.01. The van der Waals surface area contributed by atoms with E-state index >= 15 is 0 Å². The largest absolute Gasteiger partial charge is 0.513 e. The number of carbonyl (C=O) groups excluding carboxylic acids is 2. The average molecular weight is 653 g/mol. The van der Waals surface area contributed by atoms with Crippen molar-refractivity contribution in [2.45, 2.75) is 83.7 Å². The first-order valence-electron chi connectivity index (χ1n) is 16.5. The molecule has 10 heteroatoms. The lowest BCUT2D eigenvalue weighted by Crippen LogP contribution is -2.45. The van der Waals surface area contributed by atoms with Crippen molar-refractivity contribution in [2.24, 2.45) is 17.3 Å².